The fourth-order valence-corrected chi connectivity index (χ4v) is 2.13. The predicted molar refractivity (Wildman–Crippen MR) is 78.2 cm³/mol. The van der Waals surface area contributed by atoms with Crippen molar-refractivity contribution in [2.75, 3.05) is 0 Å². The number of nitro benzene ring substituents is 1. The topological polar surface area (TPSA) is 85.1 Å². The first-order valence-corrected chi connectivity index (χ1v) is 6.52. The molecule has 2 rings (SSSR count). The summed E-state index contributed by atoms with van der Waals surface area (Å²) in [7, 11) is 0. The van der Waals surface area contributed by atoms with Crippen molar-refractivity contribution in [1.29, 1.82) is 0 Å². The van der Waals surface area contributed by atoms with Crippen molar-refractivity contribution < 1.29 is 9.72 Å². The maximum Gasteiger partial charge on any atom is 0.288 e. The van der Waals surface area contributed by atoms with E-state index in [2.05, 4.69) is 10.3 Å². The number of amides is 1. The lowest BCUT2D eigenvalue weighted by atomic mass is 10.1. The molecule has 1 aromatic carbocycles. The van der Waals surface area contributed by atoms with Gasteiger partial charge in [0.1, 0.15) is 5.02 Å². The van der Waals surface area contributed by atoms with Crippen LogP contribution in [0.25, 0.3) is 0 Å². The summed E-state index contributed by atoms with van der Waals surface area (Å²) in [6.07, 6.45) is 3.25. The van der Waals surface area contributed by atoms with Crippen LogP contribution in [0.5, 0.6) is 0 Å². The molecule has 0 aliphatic rings. The number of nitrogens with one attached hydrogen (secondary N) is 1. The van der Waals surface area contributed by atoms with Crippen LogP contribution in [0.4, 0.5) is 5.69 Å². The van der Waals surface area contributed by atoms with E-state index in [0.717, 1.165) is 5.56 Å². The second kappa shape index (κ2) is 6.32. The molecular formula is C14H12ClN3O3. The minimum Gasteiger partial charge on any atom is -0.345 e. The van der Waals surface area contributed by atoms with Gasteiger partial charge in [-0.05, 0) is 30.7 Å². The fraction of sp³-hybridized carbons (Fsp3) is 0.143. The van der Waals surface area contributed by atoms with Crippen LogP contribution in [-0.2, 0) is 0 Å². The number of nitro groups is 1. The lowest BCUT2D eigenvalue weighted by Crippen LogP contribution is -2.27. The maximum absolute atomic E-state index is 12.2. The fourth-order valence-electron chi connectivity index (χ4n) is 1.85. The van der Waals surface area contributed by atoms with Gasteiger partial charge >= 0.3 is 0 Å². The van der Waals surface area contributed by atoms with Gasteiger partial charge in [0.2, 0.25) is 0 Å². The normalized spacial score (nSPS) is 11.7. The van der Waals surface area contributed by atoms with Crippen molar-refractivity contribution in [3.63, 3.8) is 0 Å². The molecule has 1 unspecified atom stereocenters. The number of carbonyl (C=O) groups excluding carboxylic acids is 1. The molecule has 0 saturated heterocycles. The molecule has 108 valence electrons. The molecule has 0 aliphatic carbocycles. The van der Waals surface area contributed by atoms with E-state index >= 15 is 0 Å². The standard InChI is InChI=1S/C14H12ClN3O3/c1-9(10-5-7-16-8-6-10)17-14(19)11-3-2-4-12(13(11)15)18(20)21/h2-9H,1H3,(H,17,19). The first-order chi connectivity index (χ1) is 10.0. The minimum absolute atomic E-state index is 0.0757. The number of benzene rings is 1. The molecule has 1 N–H and O–H groups in total. The van der Waals surface area contributed by atoms with Gasteiger partial charge in [0.15, 0.2) is 0 Å². The van der Waals surface area contributed by atoms with Crippen molar-refractivity contribution in [2.24, 2.45) is 0 Å². The number of aromatic nitrogens is 1. The Kier molecular flexibility index (Phi) is 4.49. The summed E-state index contributed by atoms with van der Waals surface area (Å²) in [6.45, 7) is 1.80. The van der Waals surface area contributed by atoms with E-state index in [1.54, 1.807) is 31.5 Å². The van der Waals surface area contributed by atoms with Crippen molar-refractivity contribution in [2.45, 2.75) is 13.0 Å². The van der Waals surface area contributed by atoms with E-state index in [4.69, 9.17) is 11.6 Å². The summed E-state index contributed by atoms with van der Waals surface area (Å²) in [5.74, 6) is -0.465. The minimum atomic E-state index is -0.620. The third-order valence-electron chi connectivity index (χ3n) is 2.97. The monoisotopic (exact) mass is 305 g/mol. The predicted octanol–water partition coefficient (Wildman–Crippen LogP) is 3.13. The summed E-state index contributed by atoms with van der Waals surface area (Å²) in [6, 6.07) is 7.42. The highest BCUT2D eigenvalue weighted by atomic mass is 35.5. The molecule has 7 heteroatoms. The number of halogens is 1. The van der Waals surface area contributed by atoms with Gasteiger partial charge in [-0.1, -0.05) is 17.7 Å². The van der Waals surface area contributed by atoms with E-state index in [9.17, 15) is 14.9 Å². The van der Waals surface area contributed by atoms with Gasteiger partial charge in [0.05, 0.1) is 16.5 Å². The molecule has 2 aromatic rings. The molecule has 1 aromatic heterocycles. The van der Waals surface area contributed by atoms with Crippen LogP contribution >= 0.6 is 11.6 Å². The zero-order chi connectivity index (χ0) is 15.4. The van der Waals surface area contributed by atoms with Crippen molar-refractivity contribution in [3.8, 4) is 0 Å². The van der Waals surface area contributed by atoms with Gasteiger partial charge in [-0.3, -0.25) is 19.9 Å². The van der Waals surface area contributed by atoms with Gasteiger partial charge in [0, 0.05) is 18.5 Å². The Morgan fingerprint density at radius 2 is 2.00 bits per heavy atom. The van der Waals surface area contributed by atoms with E-state index < -0.39 is 10.8 Å². The molecule has 0 spiro atoms. The number of hydrogen-bond acceptors (Lipinski definition) is 4. The molecule has 0 aliphatic heterocycles. The maximum atomic E-state index is 12.2. The Morgan fingerprint density at radius 3 is 2.62 bits per heavy atom. The van der Waals surface area contributed by atoms with E-state index in [1.165, 1.54) is 18.2 Å². The van der Waals surface area contributed by atoms with Crippen molar-refractivity contribution in [3.05, 3.63) is 69.0 Å². The molecule has 0 fully saturated rings. The lowest BCUT2D eigenvalue weighted by Gasteiger charge is -2.14. The summed E-state index contributed by atoms with van der Waals surface area (Å²) in [5, 5.41) is 13.4. The largest absolute Gasteiger partial charge is 0.345 e. The van der Waals surface area contributed by atoms with Crippen molar-refractivity contribution >= 4 is 23.2 Å². The third-order valence-corrected chi connectivity index (χ3v) is 3.37. The van der Waals surface area contributed by atoms with Crippen LogP contribution in [0.2, 0.25) is 5.02 Å². The SMILES string of the molecule is CC(NC(=O)c1cccc([N+](=O)[O-])c1Cl)c1ccncc1. The Labute approximate surface area is 125 Å². The summed E-state index contributed by atoms with van der Waals surface area (Å²) in [5.41, 5.74) is 0.660. The highest BCUT2D eigenvalue weighted by Crippen LogP contribution is 2.28. The number of nitrogens with zero attached hydrogens (tertiary/aromatic N) is 2. The summed E-state index contributed by atoms with van der Waals surface area (Å²) >= 11 is 5.92. The molecule has 0 saturated carbocycles. The van der Waals surface area contributed by atoms with Crippen LogP contribution in [-0.4, -0.2) is 15.8 Å². The first kappa shape index (κ1) is 14.9. The van der Waals surface area contributed by atoms with Gasteiger partial charge in [-0.25, -0.2) is 0 Å². The Hall–Kier alpha value is -2.47. The van der Waals surface area contributed by atoms with E-state index in [0.29, 0.717) is 0 Å². The number of pyridine rings is 1. The molecule has 0 bridgehead atoms. The van der Waals surface area contributed by atoms with E-state index in [-0.39, 0.29) is 22.3 Å². The lowest BCUT2D eigenvalue weighted by molar-refractivity contribution is -0.384. The van der Waals surface area contributed by atoms with Crippen LogP contribution < -0.4 is 5.32 Å². The average Bonchev–Trinajstić information content (AvgIpc) is 2.47. The third kappa shape index (κ3) is 3.35. The summed E-state index contributed by atoms with van der Waals surface area (Å²) in [4.78, 5) is 26.3. The Morgan fingerprint density at radius 1 is 1.33 bits per heavy atom. The molecule has 1 atom stereocenters. The zero-order valence-electron chi connectivity index (χ0n) is 11.1. The number of carbonyl (C=O) groups is 1. The molecule has 0 radical (unpaired) electrons. The Balaban J connectivity index is 2.22. The molecule has 21 heavy (non-hydrogen) atoms. The average molecular weight is 306 g/mol. The second-order valence-electron chi connectivity index (χ2n) is 4.37. The van der Waals surface area contributed by atoms with Crippen LogP contribution in [0, 0.1) is 10.1 Å². The van der Waals surface area contributed by atoms with Gasteiger partial charge < -0.3 is 5.32 Å². The first-order valence-electron chi connectivity index (χ1n) is 6.14. The number of rotatable bonds is 4. The summed E-state index contributed by atoms with van der Waals surface area (Å²) < 4.78 is 0. The molecular weight excluding hydrogens is 294 g/mol. The molecule has 6 nitrogen and oxygen atoms in total. The van der Waals surface area contributed by atoms with Gasteiger partial charge in [0.25, 0.3) is 11.6 Å². The molecule has 1 heterocycles. The second-order valence-corrected chi connectivity index (χ2v) is 4.75. The van der Waals surface area contributed by atoms with Crippen LogP contribution in [0.1, 0.15) is 28.9 Å². The highest BCUT2D eigenvalue weighted by molar-refractivity contribution is 6.35. The van der Waals surface area contributed by atoms with Crippen LogP contribution in [0.15, 0.2) is 42.7 Å². The van der Waals surface area contributed by atoms with Gasteiger partial charge in [-0.2, -0.15) is 0 Å². The highest BCUT2D eigenvalue weighted by Gasteiger charge is 2.21. The smallest absolute Gasteiger partial charge is 0.288 e. The Bertz CT molecular complexity index is 676. The number of hydrogen-bond donors (Lipinski definition) is 1. The quantitative estimate of drug-likeness (QED) is 0.694. The van der Waals surface area contributed by atoms with Gasteiger partial charge in [-0.15, -0.1) is 0 Å². The van der Waals surface area contributed by atoms with E-state index in [1.807, 2.05) is 0 Å². The van der Waals surface area contributed by atoms with Crippen LogP contribution in [0.3, 0.4) is 0 Å². The zero-order valence-corrected chi connectivity index (χ0v) is 11.9. The van der Waals surface area contributed by atoms with Crippen molar-refractivity contribution in [1.82, 2.24) is 10.3 Å². The molecule has 1 amide bonds.